The maximum atomic E-state index is 12.4. The van der Waals surface area contributed by atoms with Crippen molar-refractivity contribution in [3.8, 4) is 5.75 Å². The van der Waals surface area contributed by atoms with E-state index in [1.807, 2.05) is 19.1 Å². The third-order valence-corrected chi connectivity index (χ3v) is 3.84. The van der Waals surface area contributed by atoms with Gasteiger partial charge in [0, 0.05) is 44.6 Å². The van der Waals surface area contributed by atoms with Gasteiger partial charge >= 0.3 is 0 Å². The highest BCUT2D eigenvalue weighted by molar-refractivity contribution is 5.92. The molecule has 0 saturated carbocycles. The standard InChI is InChI=1S/C16H19N5O2/c1-12-10-19-14(11-18-12)16(22)21-7-5-20(6-8-21)15-9-13(23-2)3-4-17-15/h3-4,9-11H,5-8H2,1-2H3. The van der Waals surface area contributed by atoms with Gasteiger partial charge in [0.15, 0.2) is 0 Å². The number of carbonyl (C=O) groups excluding carboxylic acids is 1. The second-order valence-electron chi connectivity index (χ2n) is 5.38. The van der Waals surface area contributed by atoms with E-state index in [1.54, 1.807) is 24.4 Å². The third-order valence-electron chi connectivity index (χ3n) is 3.84. The Hall–Kier alpha value is -2.70. The van der Waals surface area contributed by atoms with Gasteiger partial charge < -0.3 is 14.5 Å². The molecule has 0 aliphatic carbocycles. The summed E-state index contributed by atoms with van der Waals surface area (Å²) >= 11 is 0. The summed E-state index contributed by atoms with van der Waals surface area (Å²) in [6.07, 6.45) is 4.88. The van der Waals surface area contributed by atoms with Crippen molar-refractivity contribution >= 4 is 11.7 Å². The van der Waals surface area contributed by atoms with Crippen molar-refractivity contribution in [3.05, 3.63) is 42.1 Å². The number of rotatable bonds is 3. The van der Waals surface area contributed by atoms with E-state index in [0.29, 0.717) is 18.8 Å². The number of hydrogen-bond donors (Lipinski definition) is 0. The summed E-state index contributed by atoms with van der Waals surface area (Å²) in [5, 5.41) is 0. The molecule has 1 fully saturated rings. The number of ether oxygens (including phenoxy) is 1. The Balaban J connectivity index is 1.63. The van der Waals surface area contributed by atoms with Crippen LogP contribution >= 0.6 is 0 Å². The van der Waals surface area contributed by atoms with Gasteiger partial charge in [-0.3, -0.25) is 9.78 Å². The fourth-order valence-corrected chi connectivity index (χ4v) is 2.50. The van der Waals surface area contributed by atoms with Crippen LogP contribution in [0.1, 0.15) is 16.2 Å². The maximum Gasteiger partial charge on any atom is 0.274 e. The first kappa shape index (κ1) is 15.2. The minimum absolute atomic E-state index is 0.0734. The second kappa shape index (κ2) is 6.60. The fourth-order valence-electron chi connectivity index (χ4n) is 2.50. The molecule has 2 aromatic rings. The number of methoxy groups -OCH3 is 1. The molecule has 0 radical (unpaired) electrons. The molecule has 0 N–H and O–H groups in total. The van der Waals surface area contributed by atoms with Crippen molar-refractivity contribution in [2.24, 2.45) is 0 Å². The number of aryl methyl sites for hydroxylation is 1. The summed E-state index contributed by atoms with van der Waals surface area (Å²) in [6.45, 7) is 4.57. The largest absolute Gasteiger partial charge is 0.497 e. The van der Waals surface area contributed by atoms with Crippen LogP contribution < -0.4 is 9.64 Å². The van der Waals surface area contributed by atoms with E-state index >= 15 is 0 Å². The maximum absolute atomic E-state index is 12.4. The summed E-state index contributed by atoms with van der Waals surface area (Å²) in [4.78, 5) is 29.0. The Morgan fingerprint density at radius 1 is 1.13 bits per heavy atom. The van der Waals surface area contributed by atoms with Crippen LogP contribution in [-0.4, -0.2) is 59.0 Å². The van der Waals surface area contributed by atoms with Crippen LogP contribution in [0.25, 0.3) is 0 Å². The molecule has 120 valence electrons. The summed E-state index contributed by atoms with van der Waals surface area (Å²) in [7, 11) is 1.64. The lowest BCUT2D eigenvalue weighted by atomic mass is 10.2. The molecule has 0 bridgehead atoms. The number of aromatic nitrogens is 3. The summed E-state index contributed by atoms with van der Waals surface area (Å²) in [5.41, 5.74) is 1.19. The SMILES string of the molecule is COc1ccnc(N2CCN(C(=O)c3cnc(C)cn3)CC2)c1. The van der Waals surface area contributed by atoms with Crippen molar-refractivity contribution in [3.63, 3.8) is 0 Å². The Labute approximate surface area is 134 Å². The molecule has 2 aromatic heterocycles. The number of pyridine rings is 1. The van der Waals surface area contributed by atoms with Crippen LogP contribution in [-0.2, 0) is 0 Å². The van der Waals surface area contributed by atoms with Crippen LogP contribution in [0.4, 0.5) is 5.82 Å². The van der Waals surface area contributed by atoms with Crippen LogP contribution in [0.3, 0.4) is 0 Å². The zero-order chi connectivity index (χ0) is 16.2. The van der Waals surface area contributed by atoms with Gasteiger partial charge in [0.25, 0.3) is 5.91 Å². The van der Waals surface area contributed by atoms with E-state index in [1.165, 1.54) is 6.20 Å². The number of piperazine rings is 1. The molecule has 0 spiro atoms. The van der Waals surface area contributed by atoms with Gasteiger partial charge in [-0.15, -0.1) is 0 Å². The summed E-state index contributed by atoms with van der Waals surface area (Å²) in [5.74, 6) is 1.57. The van der Waals surface area contributed by atoms with Gasteiger partial charge in [-0.25, -0.2) is 9.97 Å². The highest BCUT2D eigenvalue weighted by Crippen LogP contribution is 2.19. The Bertz CT molecular complexity index is 681. The molecule has 1 amide bonds. The second-order valence-corrected chi connectivity index (χ2v) is 5.38. The summed E-state index contributed by atoms with van der Waals surface area (Å²) in [6, 6.07) is 3.72. The van der Waals surface area contributed by atoms with Gasteiger partial charge in [-0.05, 0) is 13.0 Å². The topological polar surface area (TPSA) is 71.5 Å². The van der Waals surface area contributed by atoms with E-state index in [0.717, 1.165) is 30.4 Å². The molecular weight excluding hydrogens is 294 g/mol. The van der Waals surface area contributed by atoms with E-state index in [9.17, 15) is 4.79 Å². The highest BCUT2D eigenvalue weighted by Gasteiger charge is 2.23. The molecule has 23 heavy (non-hydrogen) atoms. The summed E-state index contributed by atoms with van der Waals surface area (Å²) < 4.78 is 5.23. The lowest BCUT2D eigenvalue weighted by molar-refractivity contribution is 0.0740. The molecule has 0 unspecified atom stereocenters. The average molecular weight is 313 g/mol. The molecule has 1 aliphatic rings. The van der Waals surface area contributed by atoms with E-state index in [-0.39, 0.29) is 5.91 Å². The molecule has 0 aromatic carbocycles. The lowest BCUT2D eigenvalue weighted by Gasteiger charge is -2.35. The minimum atomic E-state index is -0.0734. The van der Waals surface area contributed by atoms with Crippen molar-refractivity contribution in [1.82, 2.24) is 19.9 Å². The molecular formula is C16H19N5O2. The first-order chi connectivity index (χ1) is 11.2. The van der Waals surface area contributed by atoms with Crippen LogP contribution in [0.15, 0.2) is 30.7 Å². The molecule has 3 heterocycles. The predicted molar refractivity (Wildman–Crippen MR) is 85.7 cm³/mol. The van der Waals surface area contributed by atoms with Gasteiger partial charge in [0.05, 0.1) is 19.0 Å². The van der Waals surface area contributed by atoms with Crippen molar-refractivity contribution in [1.29, 1.82) is 0 Å². The zero-order valence-corrected chi connectivity index (χ0v) is 13.3. The Kier molecular flexibility index (Phi) is 4.36. The normalized spacial score (nSPS) is 14.7. The highest BCUT2D eigenvalue weighted by atomic mass is 16.5. The fraction of sp³-hybridized carbons (Fsp3) is 0.375. The quantitative estimate of drug-likeness (QED) is 0.846. The van der Waals surface area contributed by atoms with Gasteiger partial charge in [-0.1, -0.05) is 0 Å². The monoisotopic (exact) mass is 313 g/mol. The number of hydrogen-bond acceptors (Lipinski definition) is 6. The number of carbonyl (C=O) groups is 1. The zero-order valence-electron chi connectivity index (χ0n) is 13.3. The molecule has 3 rings (SSSR count). The third kappa shape index (κ3) is 3.39. The Morgan fingerprint density at radius 2 is 1.91 bits per heavy atom. The van der Waals surface area contributed by atoms with Gasteiger partial charge in [-0.2, -0.15) is 0 Å². The van der Waals surface area contributed by atoms with Crippen LogP contribution in [0.2, 0.25) is 0 Å². The van der Waals surface area contributed by atoms with Gasteiger partial charge in [0.1, 0.15) is 17.3 Å². The molecule has 0 atom stereocenters. The predicted octanol–water partition coefficient (Wildman–Crippen LogP) is 1.15. The molecule has 7 heteroatoms. The van der Waals surface area contributed by atoms with Gasteiger partial charge in [0.2, 0.25) is 0 Å². The lowest BCUT2D eigenvalue weighted by Crippen LogP contribution is -2.49. The first-order valence-electron chi connectivity index (χ1n) is 7.50. The molecule has 1 aliphatic heterocycles. The number of amides is 1. The van der Waals surface area contributed by atoms with E-state index in [4.69, 9.17) is 4.74 Å². The van der Waals surface area contributed by atoms with Crippen LogP contribution in [0.5, 0.6) is 5.75 Å². The smallest absolute Gasteiger partial charge is 0.274 e. The average Bonchev–Trinajstić information content (AvgIpc) is 2.62. The number of nitrogens with zero attached hydrogens (tertiary/aromatic N) is 5. The van der Waals surface area contributed by atoms with Crippen molar-refractivity contribution < 1.29 is 9.53 Å². The first-order valence-corrected chi connectivity index (χ1v) is 7.50. The minimum Gasteiger partial charge on any atom is -0.497 e. The Morgan fingerprint density at radius 3 is 2.57 bits per heavy atom. The van der Waals surface area contributed by atoms with Crippen molar-refractivity contribution in [2.45, 2.75) is 6.92 Å². The van der Waals surface area contributed by atoms with Crippen molar-refractivity contribution in [2.75, 3.05) is 38.2 Å². The molecule has 7 nitrogen and oxygen atoms in total. The molecule has 1 saturated heterocycles. The van der Waals surface area contributed by atoms with E-state index < -0.39 is 0 Å². The van der Waals surface area contributed by atoms with Crippen LogP contribution in [0, 0.1) is 6.92 Å². The van der Waals surface area contributed by atoms with E-state index in [2.05, 4.69) is 19.9 Å². The number of anilines is 1.